The third kappa shape index (κ3) is 2.61. The van der Waals surface area contributed by atoms with E-state index in [1.165, 1.54) is 15.9 Å². The Morgan fingerprint density at radius 3 is 2.88 bits per heavy atom. The summed E-state index contributed by atoms with van der Waals surface area (Å²) in [6.07, 6.45) is 0. The topological polar surface area (TPSA) is 64.0 Å². The molecule has 1 N–H and O–H groups in total. The Morgan fingerprint density at radius 1 is 1.25 bits per heavy atom. The van der Waals surface area contributed by atoms with E-state index in [0.29, 0.717) is 5.13 Å². The summed E-state index contributed by atoms with van der Waals surface area (Å²) in [4.78, 5) is 28.4. The van der Waals surface area contributed by atoms with Gasteiger partial charge in [-0.2, -0.15) is 0 Å². The zero-order chi connectivity index (χ0) is 16.7. The number of hydrogen-bond acceptors (Lipinski definition) is 5. The Morgan fingerprint density at radius 2 is 2.08 bits per heavy atom. The number of aryl methyl sites for hydroxylation is 1. The summed E-state index contributed by atoms with van der Waals surface area (Å²) < 4.78 is 2.48. The first kappa shape index (κ1) is 15.0. The molecule has 0 saturated carbocycles. The fraction of sp³-hybridized carbons (Fsp3) is 0.118. The number of anilines is 1. The average Bonchev–Trinajstić information content (AvgIpc) is 3.12. The van der Waals surface area contributed by atoms with Crippen LogP contribution in [-0.4, -0.2) is 15.5 Å². The summed E-state index contributed by atoms with van der Waals surface area (Å²) in [7, 11) is 0. The first-order valence-electron chi connectivity index (χ1n) is 7.35. The molecular formula is C17H13N3O2S2. The molecule has 0 spiro atoms. The van der Waals surface area contributed by atoms with Crippen LogP contribution in [0.25, 0.3) is 21.0 Å². The number of nitrogens with one attached hydrogen (secondary N) is 1. The van der Waals surface area contributed by atoms with E-state index in [1.54, 1.807) is 5.38 Å². The summed E-state index contributed by atoms with van der Waals surface area (Å²) in [5.41, 5.74) is 1.67. The molecule has 0 saturated heterocycles. The molecule has 4 aromatic rings. The maximum Gasteiger partial charge on any atom is 0.307 e. The van der Waals surface area contributed by atoms with Gasteiger partial charge < -0.3 is 5.32 Å². The highest BCUT2D eigenvalue weighted by Gasteiger charge is 2.12. The summed E-state index contributed by atoms with van der Waals surface area (Å²) in [6.45, 7) is 1.82. The Hall–Kier alpha value is -2.51. The number of hydrogen-bond donors (Lipinski definition) is 1. The first-order chi connectivity index (χ1) is 11.6. The lowest BCUT2D eigenvalue weighted by Crippen LogP contribution is -2.25. The van der Waals surface area contributed by atoms with Gasteiger partial charge in [-0.25, -0.2) is 4.98 Å². The molecule has 0 fully saturated rings. The van der Waals surface area contributed by atoms with Crippen molar-refractivity contribution < 1.29 is 4.79 Å². The number of thiazole rings is 2. The van der Waals surface area contributed by atoms with Crippen molar-refractivity contribution in [3.05, 3.63) is 57.1 Å². The molecule has 5 nitrogen and oxygen atoms in total. The second-order valence-corrected chi connectivity index (χ2v) is 7.28. The van der Waals surface area contributed by atoms with Gasteiger partial charge in [0, 0.05) is 16.5 Å². The zero-order valence-corrected chi connectivity index (χ0v) is 14.4. The molecule has 7 heteroatoms. The molecule has 2 heterocycles. The second kappa shape index (κ2) is 5.85. The minimum Gasteiger partial charge on any atom is -0.300 e. The van der Waals surface area contributed by atoms with E-state index in [0.717, 1.165) is 38.0 Å². The zero-order valence-electron chi connectivity index (χ0n) is 12.8. The predicted octanol–water partition coefficient (Wildman–Crippen LogP) is 3.62. The summed E-state index contributed by atoms with van der Waals surface area (Å²) in [5, 5.41) is 7.29. The highest BCUT2D eigenvalue weighted by atomic mass is 32.1. The van der Waals surface area contributed by atoms with E-state index < -0.39 is 0 Å². The van der Waals surface area contributed by atoms with Gasteiger partial charge in [-0.1, -0.05) is 53.0 Å². The highest BCUT2D eigenvalue weighted by molar-refractivity contribution is 7.22. The van der Waals surface area contributed by atoms with Gasteiger partial charge in [0.05, 0.1) is 10.2 Å². The fourth-order valence-corrected chi connectivity index (χ4v) is 4.25. The SMILES string of the molecule is Cc1csc(=O)n1CC(=O)Nc1nc2c(ccc3ccccc32)s1. The van der Waals surface area contributed by atoms with Gasteiger partial charge in [0.25, 0.3) is 0 Å². The Kier molecular flexibility index (Phi) is 3.66. The van der Waals surface area contributed by atoms with Crippen LogP contribution < -0.4 is 10.2 Å². The quantitative estimate of drug-likeness (QED) is 0.610. The molecule has 0 bridgehead atoms. The monoisotopic (exact) mass is 355 g/mol. The van der Waals surface area contributed by atoms with Gasteiger partial charge in [0.15, 0.2) is 5.13 Å². The van der Waals surface area contributed by atoms with E-state index in [9.17, 15) is 9.59 Å². The van der Waals surface area contributed by atoms with Crippen molar-refractivity contribution in [3.8, 4) is 0 Å². The predicted molar refractivity (Wildman–Crippen MR) is 99.1 cm³/mol. The molecule has 0 aliphatic heterocycles. The molecule has 0 aliphatic carbocycles. The number of aromatic nitrogens is 2. The fourth-order valence-electron chi connectivity index (χ4n) is 2.61. The normalized spacial score (nSPS) is 11.2. The van der Waals surface area contributed by atoms with E-state index in [2.05, 4.69) is 16.4 Å². The van der Waals surface area contributed by atoms with Crippen molar-refractivity contribution in [1.82, 2.24) is 9.55 Å². The largest absolute Gasteiger partial charge is 0.307 e. The van der Waals surface area contributed by atoms with E-state index in [-0.39, 0.29) is 17.3 Å². The Bertz CT molecular complexity index is 1120. The number of carbonyl (C=O) groups excluding carboxylic acids is 1. The number of nitrogens with zero attached hydrogens (tertiary/aromatic N) is 2. The third-order valence-electron chi connectivity index (χ3n) is 3.81. The summed E-state index contributed by atoms with van der Waals surface area (Å²) in [5.74, 6) is -0.248. The number of amides is 1. The van der Waals surface area contributed by atoms with Crippen molar-refractivity contribution in [2.75, 3.05) is 5.32 Å². The molecule has 24 heavy (non-hydrogen) atoms. The number of fused-ring (bicyclic) bond motifs is 3. The summed E-state index contributed by atoms with van der Waals surface area (Å²) in [6, 6.07) is 12.1. The van der Waals surface area contributed by atoms with E-state index >= 15 is 0 Å². The number of carbonyl (C=O) groups is 1. The molecule has 4 rings (SSSR count). The van der Waals surface area contributed by atoms with Crippen LogP contribution in [0.3, 0.4) is 0 Å². The van der Waals surface area contributed by atoms with Crippen LogP contribution in [-0.2, 0) is 11.3 Å². The minimum atomic E-state index is -0.248. The van der Waals surface area contributed by atoms with Gasteiger partial charge in [0.1, 0.15) is 6.54 Å². The molecule has 2 aromatic carbocycles. The van der Waals surface area contributed by atoms with Crippen LogP contribution in [0.5, 0.6) is 0 Å². The minimum absolute atomic E-state index is 0.00480. The molecule has 0 aliphatic rings. The van der Waals surface area contributed by atoms with Crippen molar-refractivity contribution in [2.45, 2.75) is 13.5 Å². The van der Waals surface area contributed by atoms with Gasteiger partial charge >= 0.3 is 4.87 Å². The maximum absolute atomic E-state index is 12.2. The van der Waals surface area contributed by atoms with Crippen molar-refractivity contribution in [3.63, 3.8) is 0 Å². The van der Waals surface area contributed by atoms with Crippen LogP contribution in [0, 0.1) is 6.92 Å². The van der Waals surface area contributed by atoms with Crippen LogP contribution in [0.4, 0.5) is 5.13 Å². The first-order valence-corrected chi connectivity index (χ1v) is 9.04. The van der Waals surface area contributed by atoms with Crippen LogP contribution in [0.15, 0.2) is 46.6 Å². The van der Waals surface area contributed by atoms with Crippen LogP contribution in [0.1, 0.15) is 5.69 Å². The van der Waals surface area contributed by atoms with Gasteiger partial charge in [-0.3, -0.25) is 14.2 Å². The molecular weight excluding hydrogens is 342 g/mol. The molecule has 1 amide bonds. The number of benzene rings is 2. The lowest BCUT2D eigenvalue weighted by atomic mass is 10.1. The van der Waals surface area contributed by atoms with Crippen molar-refractivity contribution >= 4 is 54.7 Å². The van der Waals surface area contributed by atoms with Crippen LogP contribution in [0.2, 0.25) is 0 Å². The van der Waals surface area contributed by atoms with Gasteiger partial charge in [-0.15, -0.1) is 0 Å². The van der Waals surface area contributed by atoms with Crippen LogP contribution >= 0.6 is 22.7 Å². The van der Waals surface area contributed by atoms with Gasteiger partial charge in [-0.05, 0) is 18.4 Å². The maximum atomic E-state index is 12.2. The van der Waals surface area contributed by atoms with Crippen molar-refractivity contribution in [2.24, 2.45) is 0 Å². The van der Waals surface area contributed by atoms with Gasteiger partial charge in [0.2, 0.25) is 5.91 Å². The summed E-state index contributed by atoms with van der Waals surface area (Å²) >= 11 is 2.53. The lowest BCUT2D eigenvalue weighted by molar-refractivity contribution is -0.116. The molecule has 0 atom stereocenters. The standard InChI is InChI=1S/C17H13N3O2S2/c1-10-9-23-17(22)20(10)8-14(21)18-16-19-15-12-5-3-2-4-11(12)6-7-13(15)24-16/h2-7,9H,8H2,1H3,(H,18,19,21). The number of rotatable bonds is 3. The molecule has 2 aromatic heterocycles. The van der Waals surface area contributed by atoms with E-state index in [1.807, 2.05) is 37.3 Å². The average molecular weight is 355 g/mol. The van der Waals surface area contributed by atoms with Crippen molar-refractivity contribution in [1.29, 1.82) is 0 Å². The van der Waals surface area contributed by atoms with E-state index in [4.69, 9.17) is 0 Å². The lowest BCUT2D eigenvalue weighted by Gasteiger charge is -2.03. The highest BCUT2D eigenvalue weighted by Crippen LogP contribution is 2.31. The Labute approximate surface area is 145 Å². The smallest absolute Gasteiger partial charge is 0.300 e. The Balaban J connectivity index is 1.64. The molecule has 120 valence electrons. The second-order valence-electron chi connectivity index (χ2n) is 5.43. The third-order valence-corrected chi connectivity index (χ3v) is 5.63. The molecule has 0 radical (unpaired) electrons. The molecule has 0 unspecified atom stereocenters.